The number of rotatable bonds is 5. The maximum absolute atomic E-state index is 12.2. The summed E-state index contributed by atoms with van der Waals surface area (Å²) in [4.78, 5) is 35.7. The van der Waals surface area contributed by atoms with E-state index < -0.39 is 0 Å². The van der Waals surface area contributed by atoms with Gasteiger partial charge < -0.3 is 10.6 Å². The van der Waals surface area contributed by atoms with Crippen molar-refractivity contribution in [3.63, 3.8) is 0 Å². The van der Waals surface area contributed by atoms with Crippen LogP contribution in [0.1, 0.15) is 35.5 Å². The highest BCUT2D eigenvalue weighted by molar-refractivity contribution is 7.07. The quantitative estimate of drug-likeness (QED) is 0.871. The van der Waals surface area contributed by atoms with Gasteiger partial charge in [-0.2, -0.15) is 0 Å². The van der Waals surface area contributed by atoms with Crippen LogP contribution in [0.25, 0.3) is 0 Å². The van der Waals surface area contributed by atoms with E-state index >= 15 is 0 Å². The van der Waals surface area contributed by atoms with Crippen molar-refractivity contribution < 1.29 is 9.59 Å². The van der Waals surface area contributed by atoms with Gasteiger partial charge in [-0.3, -0.25) is 19.0 Å². The summed E-state index contributed by atoms with van der Waals surface area (Å²) in [6, 6.07) is 5.16. The highest BCUT2D eigenvalue weighted by Gasteiger charge is 2.12. The average Bonchev–Trinajstić information content (AvgIpc) is 2.80. The standard InChI is InChI=1S/C17H21N3O3S/c1-10(2)18-16(22)13-5-6-14(11(3)7-13)19-15(21)8-20-12(4)9-24-17(20)23/h5-7,9-10H,8H2,1-4H3,(H,18,22)(H,19,21). The number of anilines is 1. The Labute approximate surface area is 144 Å². The molecule has 0 saturated heterocycles. The van der Waals surface area contributed by atoms with Crippen LogP contribution in [0.2, 0.25) is 0 Å². The number of aryl methyl sites for hydroxylation is 2. The molecule has 2 aromatic rings. The molecule has 1 aromatic carbocycles. The normalized spacial score (nSPS) is 10.7. The second kappa shape index (κ2) is 7.44. The number of benzene rings is 1. The second-order valence-corrected chi connectivity index (χ2v) is 6.76. The van der Waals surface area contributed by atoms with E-state index in [1.165, 1.54) is 4.57 Å². The lowest BCUT2D eigenvalue weighted by atomic mass is 10.1. The molecule has 2 amide bonds. The molecular weight excluding hydrogens is 326 g/mol. The lowest BCUT2D eigenvalue weighted by molar-refractivity contribution is -0.116. The predicted octanol–water partition coefficient (Wildman–Crippen LogP) is 2.30. The highest BCUT2D eigenvalue weighted by atomic mass is 32.1. The molecule has 2 rings (SSSR count). The van der Waals surface area contributed by atoms with Crippen LogP contribution in [-0.4, -0.2) is 22.4 Å². The molecule has 128 valence electrons. The molecule has 6 nitrogen and oxygen atoms in total. The first-order valence-corrected chi connectivity index (χ1v) is 8.52. The molecule has 1 aromatic heterocycles. The summed E-state index contributed by atoms with van der Waals surface area (Å²) in [6.07, 6.45) is 0. The fraction of sp³-hybridized carbons (Fsp3) is 0.353. The number of nitrogens with zero attached hydrogens (tertiary/aromatic N) is 1. The minimum absolute atomic E-state index is 0.0246. The third-order valence-corrected chi connectivity index (χ3v) is 4.34. The van der Waals surface area contributed by atoms with Gasteiger partial charge in [0.1, 0.15) is 6.54 Å². The molecule has 1 heterocycles. The Bertz CT molecular complexity index is 821. The first-order chi connectivity index (χ1) is 11.3. The first kappa shape index (κ1) is 17.9. The monoisotopic (exact) mass is 347 g/mol. The van der Waals surface area contributed by atoms with Crippen molar-refractivity contribution in [2.24, 2.45) is 0 Å². The molecule has 2 N–H and O–H groups in total. The largest absolute Gasteiger partial charge is 0.350 e. The fourth-order valence-corrected chi connectivity index (χ4v) is 2.95. The fourth-order valence-electron chi connectivity index (χ4n) is 2.22. The third kappa shape index (κ3) is 4.32. The van der Waals surface area contributed by atoms with Crippen molar-refractivity contribution in [2.75, 3.05) is 5.32 Å². The SMILES string of the molecule is Cc1cc(C(=O)NC(C)C)ccc1NC(=O)Cn1c(C)csc1=O. The molecule has 0 unspecified atom stereocenters. The van der Waals surface area contributed by atoms with Gasteiger partial charge in [0.2, 0.25) is 5.91 Å². The lowest BCUT2D eigenvalue weighted by Gasteiger charge is -2.12. The first-order valence-electron chi connectivity index (χ1n) is 7.64. The maximum atomic E-state index is 12.2. The van der Waals surface area contributed by atoms with E-state index in [-0.39, 0.29) is 29.3 Å². The smallest absolute Gasteiger partial charge is 0.307 e. The highest BCUT2D eigenvalue weighted by Crippen LogP contribution is 2.17. The van der Waals surface area contributed by atoms with E-state index in [2.05, 4.69) is 10.6 Å². The summed E-state index contributed by atoms with van der Waals surface area (Å²) in [5, 5.41) is 7.33. The number of carbonyl (C=O) groups is 2. The number of amides is 2. The number of hydrogen-bond acceptors (Lipinski definition) is 4. The molecule has 24 heavy (non-hydrogen) atoms. The van der Waals surface area contributed by atoms with E-state index in [0.717, 1.165) is 22.6 Å². The van der Waals surface area contributed by atoms with E-state index in [9.17, 15) is 14.4 Å². The van der Waals surface area contributed by atoms with Gasteiger partial charge in [0.15, 0.2) is 0 Å². The van der Waals surface area contributed by atoms with E-state index in [1.54, 1.807) is 30.5 Å². The second-order valence-electron chi connectivity index (χ2n) is 5.94. The average molecular weight is 347 g/mol. The summed E-state index contributed by atoms with van der Waals surface area (Å²) in [6.45, 7) is 7.38. The zero-order valence-electron chi connectivity index (χ0n) is 14.2. The van der Waals surface area contributed by atoms with Crippen molar-refractivity contribution in [3.8, 4) is 0 Å². The predicted molar refractivity (Wildman–Crippen MR) is 95.7 cm³/mol. The Morgan fingerprint density at radius 3 is 2.50 bits per heavy atom. The number of aromatic nitrogens is 1. The van der Waals surface area contributed by atoms with Crippen molar-refractivity contribution >= 4 is 28.8 Å². The van der Waals surface area contributed by atoms with Crippen molar-refractivity contribution in [1.82, 2.24) is 9.88 Å². The van der Waals surface area contributed by atoms with Gasteiger partial charge >= 0.3 is 4.87 Å². The van der Waals surface area contributed by atoms with Crippen molar-refractivity contribution in [2.45, 2.75) is 40.3 Å². The Morgan fingerprint density at radius 1 is 1.25 bits per heavy atom. The molecule has 0 aliphatic rings. The van der Waals surface area contributed by atoms with Crippen LogP contribution in [0.3, 0.4) is 0 Å². The van der Waals surface area contributed by atoms with E-state index in [0.29, 0.717) is 11.3 Å². The maximum Gasteiger partial charge on any atom is 0.307 e. The number of carbonyl (C=O) groups excluding carboxylic acids is 2. The summed E-state index contributed by atoms with van der Waals surface area (Å²) in [7, 11) is 0. The van der Waals surface area contributed by atoms with Gasteiger partial charge in [-0.25, -0.2) is 0 Å². The van der Waals surface area contributed by atoms with Gasteiger partial charge in [0.05, 0.1) is 0 Å². The lowest BCUT2D eigenvalue weighted by Crippen LogP contribution is -2.30. The van der Waals surface area contributed by atoms with Crippen LogP contribution in [0.4, 0.5) is 5.69 Å². The van der Waals surface area contributed by atoms with Gasteiger partial charge in [-0.15, -0.1) is 0 Å². The zero-order chi connectivity index (χ0) is 17.9. The van der Waals surface area contributed by atoms with Gasteiger partial charge in [0.25, 0.3) is 5.91 Å². The van der Waals surface area contributed by atoms with Crippen molar-refractivity contribution in [1.29, 1.82) is 0 Å². The summed E-state index contributed by atoms with van der Waals surface area (Å²) in [5.41, 5.74) is 2.72. The van der Waals surface area contributed by atoms with Crippen LogP contribution in [0.5, 0.6) is 0 Å². The topological polar surface area (TPSA) is 80.2 Å². The van der Waals surface area contributed by atoms with Crippen LogP contribution < -0.4 is 15.5 Å². The van der Waals surface area contributed by atoms with Crippen LogP contribution in [-0.2, 0) is 11.3 Å². The molecule has 0 atom stereocenters. The number of nitrogens with one attached hydrogen (secondary N) is 2. The zero-order valence-corrected chi connectivity index (χ0v) is 15.0. The summed E-state index contributed by atoms with van der Waals surface area (Å²) in [5.74, 6) is -0.424. The Balaban J connectivity index is 2.09. The minimum atomic E-state index is -0.277. The molecule has 0 saturated carbocycles. The molecule has 0 aliphatic carbocycles. The van der Waals surface area contributed by atoms with Crippen molar-refractivity contribution in [3.05, 3.63) is 50.1 Å². The molecule has 0 radical (unpaired) electrons. The minimum Gasteiger partial charge on any atom is -0.350 e. The molecule has 0 aliphatic heterocycles. The molecule has 7 heteroatoms. The number of hydrogen-bond donors (Lipinski definition) is 2. The number of thiazole rings is 1. The summed E-state index contributed by atoms with van der Waals surface area (Å²) >= 11 is 1.08. The van der Waals surface area contributed by atoms with Crippen LogP contribution in [0, 0.1) is 13.8 Å². The Kier molecular flexibility index (Phi) is 5.56. The van der Waals surface area contributed by atoms with Gasteiger partial charge in [0, 0.05) is 28.4 Å². The van der Waals surface area contributed by atoms with Crippen LogP contribution >= 0.6 is 11.3 Å². The van der Waals surface area contributed by atoms with E-state index in [4.69, 9.17) is 0 Å². The molecule has 0 spiro atoms. The molecule has 0 fully saturated rings. The Hall–Kier alpha value is -2.41. The van der Waals surface area contributed by atoms with Gasteiger partial charge in [-0.05, 0) is 51.5 Å². The van der Waals surface area contributed by atoms with Gasteiger partial charge in [-0.1, -0.05) is 11.3 Å². The Morgan fingerprint density at radius 2 is 1.96 bits per heavy atom. The summed E-state index contributed by atoms with van der Waals surface area (Å²) < 4.78 is 1.43. The molecule has 0 bridgehead atoms. The van der Waals surface area contributed by atoms with Crippen LogP contribution in [0.15, 0.2) is 28.4 Å². The molecular formula is C17H21N3O3S. The van der Waals surface area contributed by atoms with E-state index in [1.807, 2.05) is 20.8 Å². The third-order valence-electron chi connectivity index (χ3n) is 3.46.